The summed E-state index contributed by atoms with van der Waals surface area (Å²) in [5, 5.41) is 11.9. The fourth-order valence-corrected chi connectivity index (χ4v) is 3.25. The van der Waals surface area contributed by atoms with Crippen LogP contribution < -0.4 is 0 Å². The van der Waals surface area contributed by atoms with Crippen LogP contribution in [0.4, 0.5) is 8.78 Å². The number of nitrogens with zero attached hydrogens (tertiary/aromatic N) is 2. The summed E-state index contributed by atoms with van der Waals surface area (Å²) in [5.41, 5.74) is 3.01. The Kier molecular flexibility index (Phi) is 4.61. The summed E-state index contributed by atoms with van der Waals surface area (Å²) >= 11 is 0. The lowest BCUT2D eigenvalue weighted by Gasteiger charge is -2.16. The Morgan fingerprint density at radius 2 is 2.04 bits per heavy atom. The predicted molar refractivity (Wildman–Crippen MR) is 97.5 cm³/mol. The summed E-state index contributed by atoms with van der Waals surface area (Å²) in [6.07, 6.45) is 4.79. The van der Waals surface area contributed by atoms with E-state index in [-0.39, 0.29) is 12.0 Å². The summed E-state index contributed by atoms with van der Waals surface area (Å²) in [5.74, 6) is -0.283. The number of fused-ring (bicyclic) bond motifs is 1. The lowest BCUT2D eigenvalue weighted by molar-refractivity contribution is -0.0915. The first-order valence-corrected chi connectivity index (χ1v) is 8.68. The van der Waals surface area contributed by atoms with Gasteiger partial charge in [-0.1, -0.05) is 0 Å². The van der Waals surface area contributed by atoms with Gasteiger partial charge in [0.15, 0.2) is 0 Å². The quantitative estimate of drug-likeness (QED) is 0.736. The Morgan fingerprint density at radius 1 is 1.15 bits per heavy atom. The van der Waals surface area contributed by atoms with Crippen LogP contribution >= 0.6 is 0 Å². The molecule has 0 unspecified atom stereocenters. The van der Waals surface area contributed by atoms with E-state index in [9.17, 15) is 8.78 Å². The van der Waals surface area contributed by atoms with Crippen molar-refractivity contribution in [3.8, 4) is 6.07 Å². The highest BCUT2D eigenvalue weighted by Crippen LogP contribution is 2.23. The summed E-state index contributed by atoms with van der Waals surface area (Å²) < 4.78 is 27.1. The van der Waals surface area contributed by atoms with Crippen LogP contribution in [0.1, 0.15) is 16.7 Å². The van der Waals surface area contributed by atoms with Gasteiger partial charge < -0.3 is 9.82 Å². The molecular formula is C21H17F2N3O. The molecule has 0 atom stereocenters. The third-order valence-corrected chi connectivity index (χ3v) is 4.67. The minimum absolute atomic E-state index is 0.221. The molecule has 0 saturated heterocycles. The molecule has 4 nitrogen and oxygen atoms in total. The number of nitrogens with one attached hydrogen (secondary N) is 1. The highest BCUT2D eigenvalue weighted by Gasteiger charge is 2.18. The van der Waals surface area contributed by atoms with Gasteiger partial charge in [-0.15, -0.1) is 5.06 Å². The lowest BCUT2D eigenvalue weighted by atomic mass is 10.1. The van der Waals surface area contributed by atoms with Gasteiger partial charge in [-0.2, -0.15) is 5.26 Å². The standard InChI is InChI=1S/C21H17F2N3O/c22-17-2-3-20(23)16(10-17)11-18-6-8-26(27-18)7-5-15-13-25-21-4-1-14(12-24)9-19(15)21/h1-4,6,9-10,13,25H,5,7-8,11H2. The van der Waals surface area contributed by atoms with Crippen LogP contribution in [0.5, 0.6) is 0 Å². The Hall–Kier alpha value is -3.17. The van der Waals surface area contributed by atoms with Gasteiger partial charge in [0, 0.05) is 30.1 Å². The Morgan fingerprint density at radius 3 is 2.89 bits per heavy atom. The zero-order chi connectivity index (χ0) is 18.8. The van der Waals surface area contributed by atoms with Crippen molar-refractivity contribution in [3.63, 3.8) is 0 Å². The molecule has 0 radical (unpaired) electrons. The predicted octanol–water partition coefficient (Wildman–Crippen LogP) is 4.23. The summed E-state index contributed by atoms with van der Waals surface area (Å²) in [6, 6.07) is 11.1. The Labute approximate surface area is 155 Å². The molecule has 136 valence electrons. The third kappa shape index (κ3) is 3.69. The van der Waals surface area contributed by atoms with E-state index in [4.69, 9.17) is 10.1 Å². The van der Waals surface area contributed by atoms with Crippen LogP contribution in [0.25, 0.3) is 10.9 Å². The second-order valence-corrected chi connectivity index (χ2v) is 6.50. The van der Waals surface area contributed by atoms with Gasteiger partial charge in [0.2, 0.25) is 0 Å². The SMILES string of the molecule is N#Cc1ccc2[nH]cc(CCN3CC=C(Cc4cc(F)ccc4F)O3)c2c1. The topological polar surface area (TPSA) is 52.0 Å². The van der Waals surface area contributed by atoms with Crippen LogP contribution in [0.2, 0.25) is 0 Å². The van der Waals surface area contributed by atoms with Crippen LogP contribution in [-0.4, -0.2) is 23.1 Å². The largest absolute Gasteiger partial charge is 0.410 e. The number of aromatic nitrogens is 1. The minimum atomic E-state index is -0.460. The molecular weight excluding hydrogens is 348 g/mol. The van der Waals surface area contributed by atoms with Crippen molar-refractivity contribution in [2.24, 2.45) is 0 Å². The summed E-state index contributed by atoms with van der Waals surface area (Å²) in [4.78, 5) is 8.97. The Balaban J connectivity index is 1.37. The molecule has 1 aromatic heterocycles. The fourth-order valence-electron chi connectivity index (χ4n) is 3.25. The molecule has 6 heteroatoms. The first kappa shape index (κ1) is 17.3. The maximum Gasteiger partial charge on any atom is 0.127 e. The number of halogens is 2. The van der Waals surface area contributed by atoms with Crippen molar-refractivity contribution in [2.45, 2.75) is 12.8 Å². The van der Waals surface area contributed by atoms with Crippen molar-refractivity contribution in [3.05, 3.63) is 82.8 Å². The molecule has 0 saturated carbocycles. The average Bonchev–Trinajstić information content (AvgIpc) is 3.29. The number of allylic oxidation sites excluding steroid dienone is 1. The first-order chi connectivity index (χ1) is 13.1. The highest BCUT2D eigenvalue weighted by atomic mass is 19.1. The molecule has 0 bridgehead atoms. The number of benzene rings is 2. The molecule has 0 amide bonds. The molecule has 2 aromatic carbocycles. The number of hydrogen-bond acceptors (Lipinski definition) is 3. The molecule has 27 heavy (non-hydrogen) atoms. The van der Waals surface area contributed by atoms with Crippen molar-refractivity contribution in [2.75, 3.05) is 13.1 Å². The van der Waals surface area contributed by atoms with Crippen LogP contribution in [0.15, 0.2) is 54.4 Å². The van der Waals surface area contributed by atoms with Gasteiger partial charge in [0.05, 0.1) is 18.2 Å². The van der Waals surface area contributed by atoms with Crippen LogP contribution in [0.3, 0.4) is 0 Å². The highest BCUT2D eigenvalue weighted by molar-refractivity contribution is 5.84. The van der Waals surface area contributed by atoms with Gasteiger partial charge in [-0.25, -0.2) is 8.78 Å². The average molecular weight is 365 g/mol. The second kappa shape index (κ2) is 7.22. The third-order valence-electron chi connectivity index (χ3n) is 4.67. The maximum absolute atomic E-state index is 13.8. The van der Waals surface area contributed by atoms with E-state index in [0.717, 1.165) is 35.0 Å². The number of aromatic amines is 1. The second-order valence-electron chi connectivity index (χ2n) is 6.50. The molecule has 0 spiro atoms. The molecule has 1 aliphatic rings. The fraction of sp³-hybridized carbons (Fsp3) is 0.190. The van der Waals surface area contributed by atoms with E-state index in [1.165, 1.54) is 6.07 Å². The van der Waals surface area contributed by atoms with Gasteiger partial charge in [0.1, 0.15) is 17.4 Å². The van der Waals surface area contributed by atoms with E-state index in [2.05, 4.69) is 11.1 Å². The van der Waals surface area contributed by atoms with Crippen molar-refractivity contribution in [1.82, 2.24) is 10.0 Å². The molecule has 0 aliphatic carbocycles. The van der Waals surface area contributed by atoms with Gasteiger partial charge >= 0.3 is 0 Å². The molecule has 1 aliphatic heterocycles. The van der Waals surface area contributed by atoms with E-state index < -0.39 is 11.6 Å². The number of rotatable bonds is 5. The number of H-pyrrole nitrogens is 1. The molecule has 1 N–H and O–H groups in total. The van der Waals surface area contributed by atoms with Crippen molar-refractivity contribution < 1.29 is 13.6 Å². The zero-order valence-electron chi connectivity index (χ0n) is 14.5. The first-order valence-electron chi connectivity index (χ1n) is 8.68. The Bertz CT molecular complexity index is 1060. The van der Waals surface area contributed by atoms with Gasteiger partial charge in [0.25, 0.3) is 0 Å². The summed E-state index contributed by atoms with van der Waals surface area (Å²) in [7, 11) is 0. The van der Waals surface area contributed by atoms with Crippen molar-refractivity contribution in [1.29, 1.82) is 5.26 Å². The maximum atomic E-state index is 13.8. The molecule has 2 heterocycles. The summed E-state index contributed by atoms with van der Waals surface area (Å²) in [6.45, 7) is 1.24. The van der Waals surface area contributed by atoms with Gasteiger partial charge in [-0.05, 0) is 60.0 Å². The smallest absolute Gasteiger partial charge is 0.127 e. The van der Waals surface area contributed by atoms with Crippen molar-refractivity contribution >= 4 is 10.9 Å². The van der Waals surface area contributed by atoms with E-state index >= 15 is 0 Å². The molecule has 3 aromatic rings. The minimum Gasteiger partial charge on any atom is -0.410 e. The van der Waals surface area contributed by atoms with E-state index in [1.807, 2.05) is 24.4 Å². The van der Waals surface area contributed by atoms with Gasteiger partial charge in [-0.3, -0.25) is 0 Å². The lowest BCUT2D eigenvalue weighted by Crippen LogP contribution is -2.22. The normalized spacial score (nSPS) is 14.2. The zero-order valence-corrected chi connectivity index (χ0v) is 14.5. The van der Waals surface area contributed by atoms with E-state index in [0.29, 0.717) is 24.4 Å². The molecule has 4 rings (SSSR count). The number of nitriles is 1. The van der Waals surface area contributed by atoms with E-state index in [1.54, 1.807) is 11.1 Å². The number of hydrogen-bond donors (Lipinski definition) is 1. The van der Waals surface area contributed by atoms with Crippen LogP contribution in [0, 0.1) is 23.0 Å². The molecule has 0 fully saturated rings. The van der Waals surface area contributed by atoms with Crippen LogP contribution in [-0.2, 0) is 17.7 Å². The monoisotopic (exact) mass is 365 g/mol. The number of hydroxylamine groups is 2.